The van der Waals surface area contributed by atoms with Crippen molar-refractivity contribution in [3.8, 4) is 0 Å². The zero-order valence-corrected chi connectivity index (χ0v) is 12.2. The SMILES string of the molecule is CC1(C)C2CN(C(=O)OCc3ccccc3)C(C(=O)O)C21. The predicted molar refractivity (Wildman–Crippen MR) is 75.5 cm³/mol. The quantitative estimate of drug-likeness (QED) is 0.927. The van der Waals surface area contributed by atoms with Gasteiger partial charge in [-0.15, -0.1) is 0 Å². The number of carbonyl (C=O) groups is 2. The van der Waals surface area contributed by atoms with Crippen LogP contribution < -0.4 is 0 Å². The molecule has 1 aliphatic heterocycles. The number of rotatable bonds is 3. The maximum Gasteiger partial charge on any atom is 0.410 e. The van der Waals surface area contributed by atoms with Crippen molar-refractivity contribution < 1.29 is 19.4 Å². The second-order valence-electron chi connectivity index (χ2n) is 6.43. The number of likely N-dealkylation sites (tertiary alicyclic amines) is 1. The number of aliphatic carboxylic acids is 1. The molecular formula is C16H19NO4. The molecule has 3 unspecified atom stereocenters. The summed E-state index contributed by atoms with van der Waals surface area (Å²) in [5, 5.41) is 9.40. The molecular weight excluding hydrogens is 270 g/mol. The van der Waals surface area contributed by atoms with Crippen molar-refractivity contribution in [1.29, 1.82) is 0 Å². The van der Waals surface area contributed by atoms with Crippen LogP contribution in [0.1, 0.15) is 19.4 Å². The monoisotopic (exact) mass is 289 g/mol. The molecule has 0 radical (unpaired) electrons. The van der Waals surface area contributed by atoms with Crippen molar-refractivity contribution in [3.63, 3.8) is 0 Å². The molecule has 1 aromatic carbocycles. The van der Waals surface area contributed by atoms with Gasteiger partial charge in [0.2, 0.25) is 0 Å². The topological polar surface area (TPSA) is 66.8 Å². The van der Waals surface area contributed by atoms with E-state index in [1.807, 2.05) is 30.3 Å². The van der Waals surface area contributed by atoms with Gasteiger partial charge in [0.15, 0.2) is 0 Å². The normalized spacial score (nSPS) is 28.9. The van der Waals surface area contributed by atoms with Gasteiger partial charge in [-0.1, -0.05) is 44.2 Å². The van der Waals surface area contributed by atoms with Gasteiger partial charge in [-0.2, -0.15) is 0 Å². The van der Waals surface area contributed by atoms with Crippen molar-refractivity contribution in [3.05, 3.63) is 35.9 Å². The number of hydrogen-bond acceptors (Lipinski definition) is 3. The average molecular weight is 289 g/mol. The minimum absolute atomic E-state index is 0.0132. The first-order chi connectivity index (χ1) is 9.93. The lowest BCUT2D eigenvalue weighted by molar-refractivity contribution is -0.143. The van der Waals surface area contributed by atoms with Crippen molar-refractivity contribution >= 4 is 12.1 Å². The van der Waals surface area contributed by atoms with E-state index >= 15 is 0 Å². The maximum absolute atomic E-state index is 12.2. The summed E-state index contributed by atoms with van der Waals surface area (Å²) in [5.41, 5.74) is 0.904. The van der Waals surface area contributed by atoms with Gasteiger partial charge >= 0.3 is 12.1 Å². The molecule has 3 atom stereocenters. The van der Waals surface area contributed by atoms with Crippen LogP contribution in [0.25, 0.3) is 0 Å². The Morgan fingerprint density at radius 3 is 2.62 bits per heavy atom. The number of hydrogen-bond donors (Lipinski definition) is 1. The number of carboxylic acid groups (broad SMARTS) is 1. The first-order valence-corrected chi connectivity index (χ1v) is 7.13. The van der Waals surface area contributed by atoms with Gasteiger partial charge in [-0.25, -0.2) is 9.59 Å². The van der Waals surface area contributed by atoms with E-state index in [1.165, 1.54) is 4.90 Å². The Morgan fingerprint density at radius 1 is 1.33 bits per heavy atom. The Morgan fingerprint density at radius 2 is 2.00 bits per heavy atom. The highest BCUT2D eigenvalue weighted by Crippen LogP contribution is 2.64. The molecule has 1 saturated heterocycles. The number of carbonyl (C=O) groups excluding carboxylic acids is 1. The number of ether oxygens (including phenoxy) is 1. The molecule has 5 nitrogen and oxygen atoms in total. The molecule has 1 aliphatic carbocycles. The third-order valence-electron chi connectivity index (χ3n) is 4.90. The molecule has 0 bridgehead atoms. The Hall–Kier alpha value is -2.04. The van der Waals surface area contributed by atoms with Crippen LogP contribution in [0.2, 0.25) is 0 Å². The van der Waals surface area contributed by atoms with E-state index in [0.717, 1.165) is 5.56 Å². The van der Waals surface area contributed by atoms with Crippen LogP contribution in [0.3, 0.4) is 0 Å². The van der Waals surface area contributed by atoms with Crippen molar-refractivity contribution in [2.45, 2.75) is 26.5 Å². The van der Waals surface area contributed by atoms with Crippen molar-refractivity contribution in [2.75, 3.05) is 6.54 Å². The van der Waals surface area contributed by atoms with Gasteiger partial charge in [0, 0.05) is 12.5 Å². The fourth-order valence-electron chi connectivity index (χ4n) is 3.56. The van der Waals surface area contributed by atoms with Crippen LogP contribution >= 0.6 is 0 Å². The summed E-state index contributed by atoms with van der Waals surface area (Å²) >= 11 is 0. The minimum Gasteiger partial charge on any atom is -0.480 e. The first kappa shape index (κ1) is 13.9. The number of fused-ring (bicyclic) bond motifs is 1. The molecule has 1 N–H and O–H groups in total. The molecule has 1 aromatic rings. The van der Waals surface area contributed by atoms with Crippen LogP contribution in [0.5, 0.6) is 0 Å². The Balaban J connectivity index is 1.64. The lowest BCUT2D eigenvalue weighted by atomic mass is 10.0. The highest BCUT2D eigenvalue weighted by Gasteiger charge is 2.69. The van der Waals surface area contributed by atoms with Gasteiger partial charge in [-0.05, 0) is 16.9 Å². The van der Waals surface area contributed by atoms with Gasteiger partial charge in [-0.3, -0.25) is 4.90 Å². The van der Waals surface area contributed by atoms with E-state index in [1.54, 1.807) is 0 Å². The first-order valence-electron chi connectivity index (χ1n) is 7.13. The summed E-state index contributed by atoms with van der Waals surface area (Å²) in [6, 6.07) is 8.61. The molecule has 0 spiro atoms. The summed E-state index contributed by atoms with van der Waals surface area (Å²) in [6.45, 7) is 4.76. The molecule has 0 aromatic heterocycles. The van der Waals surface area contributed by atoms with Crippen molar-refractivity contribution in [1.82, 2.24) is 4.90 Å². The highest BCUT2D eigenvalue weighted by atomic mass is 16.6. The molecule has 3 rings (SSSR count). The van der Waals surface area contributed by atoms with Gasteiger partial charge in [0.25, 0.3) is 0 Å². The summed E-state index contributed by atoms with van der Waals surface area (Å²) in [5.74, 6) is -0.633. The van der Waals surface area contributed by atoms with Crippen molar-refractivity contribution in [2.24, 2.45) is 17.3 Å². The lowest BCUT2D eigenvalue weighted by Crippen LogP contribution is -2.45. The molecule has 1 amide bonds. The van der Waals surface area contributed by atoms with E-state index < -0.39 is 18.1 Å². The van der Waals surface area contributed by atoms with E-state index in [9.17, 15) is 14.7 Å². The zero-order chi connectivity index (χ0) is 15.2. The largest absolute Gasteiger partial charge is 0.480 e. The van der Waals surface area contributed by atoms with E-state index in [2.05, 4.69) is 13.8 Å². The summed E-state index contributed by atoms with van der Waals surface area (Å²) in [7, 11) is 0. The number of benzene rings is 1. The minimum atomic E-state index is -0.940. The smallest absolute Gasteiger partial charge is 0.410 e. The van der Waals surface area contributed by atoms with E-state index in [4.69, 9.17) is 4.74 Å². The molecule has 1 heterocycles. The number of amides is 1. The van der Waals surface area contributed by atoms with Gasteiger partial charge in [0.1, 0.15) is 12.6 Å². The molecule has 112 valence electrons. The second kappa shape index (κ2) is 4.76. The number of nitrogens with zero attached hydrogens (tertiary/aromatic N) is 1. The Labute approximate surface area is 123 Å². The third-order valence-corrected chi connectivity index (χ3v) is 4.90. The molecule has 5 heteroatoms. The molecule has 21 heavy (non-hydrogen) atoms. The standard InChI is InChI=1S/C16H19NO4/c1-16(2)11-8-17(13(12(11)16)14(18)19)15(20)21-9-10-6-4-3-5-7-10/h3-7,11-13H,8-9H2,1-2H3,(H,18,19). The van der Waals surface area contributed by atoms with Crippen LogP contribution in [-0.4, -0.2) is 34.7 Å². The predicted octanol–water partition coefficient (Wildman–Crippen LogP) is 2.36. The lowest BCUT2D eigenvalue weighted by Gasteiger charge is -2.27. The molecule has 2 fully saturated rings. The second-order valence-corrected chi connectivity index (χ2v) is 6.43. The fraction of sp³-hybridized carbons (Fsp3) is 0.500. The third kappa shape index (κ3) is 2.26. The molecule has 2 aliphatic rings. The van der Waals surface area contributed by atoms with Gasteiger partial charge in [0.05, 0.1) is 0 Å². The average Bonchev–Trinajstić information content (AvgIpc) is 2.85. The Bertz CT molecular complexity index is 569. The Kier molecular flexibility index (Phi) is 3.15. The molecule has 1 saturated carbocycles. The summed E-state index contributed by atoms with van der Waals surface area (Å²) < 4.78 is 5.25. The van der Waals surface area contributed by atoms with Crippen LogP contribution in [0.15, 0.2) is 30.3 Å². The maximum atomic E-state index is 12.2. The zero-order valence-electron chi connectivity index (χ0n) is 12.2. The summed E-state index contributed by atoms with van der Waals surface area (Å²) in [4.78, 5) is 25.0. The van der Waals surface area contributed by atoms with Crippen LogP contribution in [-0.2, 0) is 16.1 Å². The number of piperidine rings is 1. The summed E-state index contributed by atoms with van der Waals surface area (Å²) in [6.07, 6.45) is -0.533. The van der Waals surface area contributed by atoms with E-state index in [0.29, 0.717) is 6.54 Å². The van der Waals surface area contributed by atoms with Crippen LogP contribution in [0.4, 0.5) is 4.79 Å². The van der Waals surface area contributed by atoms with Gasteiger partial charge < -0.3 is 9.84 Å². The highest BCUT2D eigenvalue weighted by molar-refractivity contribution is 5.82. The van der Waals surface area contributed by atoms with E-state index in [-0.39, 0.29) is 23.9 Å². The fourth-order valence-corrected chi connectivity index (χ4v) is 3.56. The number of carboxylic acids is 1. The van der Waals surface area contributed by atoms with Crippen LogP contribution in [0, 0.1) is 17.3 Å².